The van der Waals surface area contributed by atoms with E-state index < -0.39 is 9.90 Å². The Hall–Kier alpha value is -0.520. The second-order valence-corrected chi connectivity index (χ2v) is 8.98. The first kappa shape index (κ1) is 19.2. The molecule has 0 N–H and O–H groups in total. The van der Waals surface area contributed by atoms with Crippen molar-refractivity contribution in [3.8, 4) is 0 Å². The Morgan fingerprint density at radius 2 is 1.80 bits per heavy atom. The Morgan fingerprint density at radius 1 is 1.20 bits per heavy atom. The van der Waals surface area contributed by atoms with Crippen molar-refractivity contribution in [3.63, 3.8) is 0 Å². The van der Waals surface area contributed by atoms with Crippen LogP contribution in [0.15, 0.2) is 30.3 Å². The molecule has 0 radical (unpaired) electrons. The van der Waals surface area contributed by atoms with Crippen molar-refractivity contribution in [2.24, 2.45) is 0 Å². The third-order valence-electron chi connectivity index (χ3n) is 5.24. The van der Waals surface area contributed by atoms with Gasteiger partial charge in [-0.1, -0.05) is 65.1 Å². The largest absolute Gasteiger partial charge is 0.462 e. The number of hydrogen-bond acceptors (Lipinski definition) is 4. The lowest BCUT2D eigenvalue weighted by Gasteiger charge is -2.36. The van der Waals surface area contributed by atoms with Gasteiger partial charge in [-0.05, 0) is 38.3 Å². The predicted octanol–water partition coefficient (Wildman–Crippen LogP) is 4.28. The van der Waals surface area contributed by atoms with Gasteiger partial charge in [0.15, 0.2) is 0 Å². The standard InChI is InChI=1S/C18H22Cl3NO3/c1-22-13-7-8-14(22)10-15(9-13)25-17(23)16(11-24-18(19,20)21)12-5-3-2-4-6-12/h2-6,13-16H,7-11H2,1H3/t13-,14+,15+,16?. The fraction of sp³-hybridized carbons (Fsp3) is 0.611. The Kier molecular flexibility index (Phi) is 6.17. The van der Waals surface area contributed by atoms with Crippen LogP contribution in [0.4, 0.5) is 0 Å². The fourth-order valence-electron chi connectivity index (χ4n) is 3.87. The Labute approximate surface area is 163 Å². The summed E-state index contributed by atoms with van der Waals surface area (Å²) in [6, 6.07) is 10.3. The van der Waals surface area contributed by atoms with Crippen LogP contribution in [0, 0.1) is 0 Å². The monoisotopic (exact) mass is 405 g/mol. The molecule has 2 aliphatic rings. The normalized spacial score (nSPS) is 27.9. The third kappa shape index (κ3) is 5.01. The van der Waals surface area contributed by atoms with Gasteiger partial charge in [0.2, 0.25) is 0 Å². The highest BCUT2D eigenvalue weighted by Crippen LogP contribution is 2.36. The van der Waals surface area contributed by atoms with Crippen molar-refractivity contribution < 1.29 is 14.3 Å². The topological polar surface area (TPSA) is 38.8 Å². The van der Waals surface area contributed by atoms with Crippen LogP contribution in [-0.4, -0.2) is 46.7 Å². The van der Waals surface area contributed by atoms with Crippen LogP contribution in [-0.2, 0) is 14.3 Å². The quantitative estimate of drug-likeness (QED) is 0.540. The van der Waals surface area contributed by atoms with Gasteiger partial charge in [0.25, 0.3) is 3.98 Å². The first-order valence-corrected chi connectivity index (χ1v) is 9.65. The van der Waals surface area contributed by atoms with Gasteiger partial charge in [0.1, 0.15) is 12.0 Å². The lowest BCUT2D eigenvalue weighted by Crippen LogP contribution is -2.44. The summed E-state index contributed by atoms with van der Waals surface area (Å²) in [5.74, 6) is -0.941. The molecule has 1 aromatic carbocycles. The average Bonchev–Trinajstić information content (AvgIpc) is 2.77. The molecule has 2 fully saturated rings. The smallest absolute Gasteiger partial charge is 0.316 e. The zero-order valence-electron chi connectivity index (χ0n) is 14.0. The molecular formula is C18H22Cl3NO3. The van der Waals surface area contributed by atoms with Crippen molar-refractivity contribution in [3.05, 3.63) is 35.9 Å². The maximum Gasteiger partial charge on any atom is 0.316 e. The van der Waals surface area contributed by atoms with E-state index in [0.29, 0.717) is 12.1 Å². The summed E-state index contributed by atoms with van der Waals surface area (Å²) in [5, 5.41) is 0. The van der Waals surface area contributed by atoms with E-state index in [1.54, 1.807) is 0 Å². The molecule has 0 amide bonds. The van der Waals surface area contributed by atoms with Crippen LogP contribution in [0.1, 0.15) is 37.2 Å². The first-order valence-electron chi connectivity index (χ1n) is 8.51. The number of hydrogen-bond donors (Lipinski definition) is 0. The number of halogens is 3. The average molecular weight is 407 g/mol. The van der Waals surface area contributed by atoms with Gasteiger partial charge in [-0.2, -0.15) is 0 Å². The summed E-state index contributed by atoms with van der Waals surface area (Å²) in [6.07, 6.45) is 4.05. The molecular weight excluding hydrogens is 385 g/mol. The second kappa shape index (κ2) is 8.01. The Bertz CT molecular complexity index is 579. The van der Waals surface area contributed by atoms with Crippen LogP contribution in [0.25, 0.3) is 0 Å². The molecule has 2 aliphatic heterocycles. The lowest BCUT2D eigenvalue weighted by atomic mass is 9.98. The lowest BCUT2D eigenvalue weighted by molar-refractivity contribution is -0.156. The molecule has 1 unspecified atom stereocenters. The van der Waals surface area contributed by atoms with Gasteiger partial charge in [0, 0.05) is 12.1 Å². The third-order valence-corrected chi connectivity index (χ3v) is 5.57. The fourth-order valence-corrected chi connectivity index (χ4v) is 4.06. The van der Waals surface area contributed by atoms with Crippen molar-refractivity contribution in [2.45, 2.75) is 53.8 Å². The van der Waals surface area contributed by atoms with E-state index in [9.17, 15) is 4.79 Å². The molecule has 0 saturated carbocycles. The minimum atomic E-state index is -1.86. The molecule has 0 aromatic heterocycles. The predicted molar refractivity (Wildman–Crippen MR) is 99.1 cm³/mol. The van der Waals surface area contributed by atoms with E-state index in [2.05, 4.69) is 11.9 Å². The summed E-state index contributed by atoms with van der Waals surface area (Å²) >= 11 is 17.0. The summed E-state index contributed by atoms with van der Waals surface area (Å²) in [5.41, 5.74) is 0.789. The molecule has 1 aromatic rings. The minimum Gasteiger partial charge on any atom is -0.462 e. The van der Waals surface area contributed by atoms with Crippen LogP contribution in [0.5, 0.6) is 0 Å². The first-order chi connectivity index (χ1) is 11.8. The summed E-state index contributed by atoms with van der Waals surface area (Å²) < 4.78 is 9.18. The Morgan fingerprint density at radius 3 is 2.36 bits per heavy atom. The number of carbonyl (C=O) groups excluding carboxylic acids is 1. The summed E-state index contributed by atoms with van der Waals surface area (Å²) in [4.78, 5) is 15.2. The van der Waals surface area contributed by atoms with E-state index in [1.165, 1.54) is 12.8 Å². The number of alkyl halides is 3. The number of esters is 1. The maximum absolute atomic E-state index is 12.8. The van der Waals surface area contributed by atoms with Crippen LogP contribution in [0.3, 0.4) is 0 Å². The molecule has 2 saturated heterocycles. The summed E-state index contributed by atoms with van der Waals surface area (Å²) in [6.45, 7) is -0.0428. The van der Waals surface area contributed by atoms with Crippen molar-refractivity contribution >= 4 is 40.8 Å². The van der Waals surface area contributed by atoms with E-state index >= 15 is 0 Å². The van der Waals surface area contributed by atoms with E-state index in [4.69, 9.17) is 44.3 Å². The van der Waals surface area contributed by atoms with Crippen LogP contribution in [0.2, 0.25) is 0 Å². The molecule has 4 nitrogen and oxygen atoms in total. The van der Waals surface area contributed by atoms with E-state index in [1.807, 2.05) is 30.3 Å². The molecule has 0 spiro atoms. The molecule has 2 heterocycles. The van der Waals surface area contributed by atoms with Crippen LogP contribution < -0.4 is 0 Å². The second-order valence-electron chi connectivity index (χ2n) is 6.80. The minimum absolute atomic E-state index is 0.0428. The van der Waals surface area contributed by atoms with Crippen LogP contribution >= 0.6 is 34.8 Å². The molecule has 25 heavy (non-hydrogen) atoms. The number of benzene rings is 1. The Balaban J connectivity index is 1.67. The molecule has 7 heteroatoms. The van der Waals surface area contributed by atoms with E-state index in [-0.39, 0.29) is 18.7 Å². The highest BCUT2D eigenvalue weighted by Gasteiger charge is 2.40. The van der Waals surface area contributed by atoms with E-state index in [0.717, 1.165) is 18.4 Å². The number of carbonyl (C=O) groups is 1. The van der Waals surface area contributed by atoms with Crippen molar-refractivity contribution in [1.82, 2.24) is 4.90 Å². The number of nitrogens with zero attached hydrogens (tertiary/aromatic N) is 1. The zero-order chi connectivity index (χ0) is 18.0. The van der Waals surface area contributed by atoms with Gasteiger partial charge in [-0.15, -0.1) is 0 Å². The highest BCUT2D eigenvalue weighted by molar-refractivity contribution is 6.66. The van der Waals surface area contributed by atoms with Gasteiger partial charge in [-0.3, -0.25) is 4.79 Å². The molecule has 4 atom stereocenters. The van der Waals surface area contributed by atoms with Gasteiger partial charge >= 0.3 is 5.97 Å². The maximum atomic E-state index is 12.8. The highest BCUT2D eigenvalue weighted by atomic mass is 35.6. The van der Waals surface area contributed by atoms with Crippen molar-refractivity contribution in [2.75, 3.05) is 13.7 Å². The molecule has 138 valence electrons. The number of rotatable bonds is 5. The molecule has 3 rings (SSSR count). The molecule has 0 aliphatic carbocycles. The zero-order valence-corrected chi connectivity index (χ0v) is 16.3. The van der Waals surface area contributed by atoms with Crippen molar-refractivity contribution in [1.29, 1.82) is 0 Å². The number of ether oxygens (including phenoxy) is 2. The SMILES string of the molecule is CN1[C@@H]2CC[C@H]1C[C@@H](OC(=O)C(COC(Cl)(Cl)Cl)c1ccccc1)C2. The van der Waals surface area contributed by atoms with Gasteiger partial charge in [0.05, 0.1) is 6.61 Å². The van der Waals surface area contributed by atoms with Gasteiger partial charge in [-0.25, -0.2) is 0 Å². The molecule has 2 bridgehead atoms. The summed E-state index contributed by atoms with van der Waals surface area (Å²) in [7, 11) is 2.15. The van der Waals surface area contributed by atoms with Gasteiger partial charge < -0.3 is 14.4 Å². The number of fused-ring (bicyclic) bond motifs is 2. The number of piperidine rings is 1.